The lowest BCUT2D eigenvalue weighted by Crippen LogP contribution is -2.42. The Labute approximate surface area is 123 Å². The number of benzene rings is 1. The summed E-state index contributed by atoms with van der Waals surface area (Å²) in [5.74, 6) is -0.973. The summed E-state index contributed by atoms with van der Waals surface area (Å²) < 4.78 is 37.6. The SMILES string of the molecule is CNC(=O)NC(N)=NCC(=O)Nc1cccc(C(F)(F)F)c1. The summed E-state index contributed by atoms with van der Waals surface area (Å²) in [6.45, 7) is -0.452. The van der Waals surface area contributed by atoms with Gasteiger partial charge in [-0.3, -0.25) is 10.1 Å². The number of aliphatic imine (C=N–C) groups is 1. The third-order valence-corrected chi connectivity index (χ3v) is 2.34. The van der Waals surface area contributed by atoms with Gasteiger partial charge in [0.15, 0.2) is 5.96 Å². The van der Waals surface area contributed by atoms with E-state index in [2.05, 4.69) is 20.9 Å². The van der Waals surface area contributed by atoms with E-state index in [1.165, 1.54) is 19.2 Å². The molecule has 1 aromatic carbocycles. The molecule has 0 radical (unpaired) electrons. The Bertz CT molecular complexity index is 586. The largest absolute Gasteiger partial charge is 0.416 e. The molecule has 0 bridgehead atoms. The fraction of sp³-hybridized carbons (Fsp3) is 0.250. The smallest absolute Gasteiger partial charge is 0.370 e. The number of nitrogens with zero attached hydrogens (tertiary/aromatic N) is 1. The molecule has 5 N–H and O–H groups in total. The zero-order valence-corrected chi connectivity index (χ0v) is 11.5. The second kappa shape index (κ2) is 7.29. The molecule has 10 heteroatoms. The molecule has 1 aromatic rings. The molecule has 0 aliphatic rings. The van der Waals surface area contributed by atoms with Gasteiger partial charge in [-0.25, -0.2) is 9.79 Å². The minimum Gasteiger partial charge on any atom is -0.370 e. The summed E-state index contributed by atoms with van der Waals surface area (Å²) in [6.07, 6.45) is -4.50. The van der Waals surface area contributed by atoms with E-state index in [0.29, 0.717) is 0 Å². The standard InChI is InChI=1S/C12H14F3N5O2/c1-17-11(22)20-10(16)18-6-9(21)19-8-4-2-3-7(5-8)12(13,14)15/h2-5H,6H2,1H3,(H,19,21)(H4,16,17,18,20,22). The van der Waals surface area contributed by atoms with Gasteiger partial charge in [0.2, 0.25) is 5.91 Å². The van der Waals surface area contributed by atoms with Crippen molar-refractivity contribution >= 4 is 23.6 Å². The maximum Gasteiger partial charge on any atom is 0.416 e. The van der Waals surface area contributed by atoms with Crippen LogP contribution >= 0.6 is 0 Å². The third kappa shape index (κ3) is 5.69. The zero-order valence-electron chi connectivity index (χ0n) is 11.5. The number of amides is 3. The minimum absolute atomic E-state index is 0.0205. The highest BCUT2D eigenvalue weighted by Crippen LogP contribution is 2.30. The molecule has 0 saturated carbocycles. The number of carbonyl (C=O) groups excluding carboxylic acids is 2. The van der Waals surface area contributed by atoms with Gasteiger partial charge in [-0.15, -0.1) is 0 Å². The van der Waals surface area contributed by atoms with Crippen LogP contribution in [-0.4, -0.2) is 31.5 Å². The van der Waals surface area contributed by atoms with Crippen molar-refractivity contribution in [3.8, 4) is 0 Å². The number of carbonyl (C=O) groups is 2. The van der Waals surface area contributed by atoms with Crippen molar-refractivity contribution in [1.82, 2.24) is 10.6 Å². The molecule has 7 nitrogen and oxygen atoms in total. The van der Waals surface area contributed by atoms with Gasteiger partial charge in [-0.05, 0) is 18.2 Å². The first-order valence-electron chi connectivity index (χ1n) is 5.98. The van der Waals surface area contributed by atoms with Crippen molar-refractivity contribution < 1.29 is 22.8 Å². The molecule has 0 aliphatic carbocycles. The summed E-state index contributed by atoms with van der Waals surface area (Å²) in [5.41, 5.74) is 4.42. The highest BCUT2D eigenvalue weighted by Gasteiger charge is 2.30. The van der Waals surface area contributed by atoms with Gasteiger partial charge in [-0.2, -0.15) is 13.2 Å². The Morgan fingerprint density at radius 2 is 2.00 bits per heavy atom. The number of halogens is 3. The number of urea groups is 1. The van der Waals surface area contributed by atoms with Crippen LogP contribution in [0.15, 0.2) is 29.3 Å². The van der Waals surface area contributed by atoms with Crippen LogP contribution in [0.25, 0.3) is 0 Å². The summed E-state index contributed by atoms with van der Waals surface area (Å²) in [4.78, 5) is 26.0. The molecule has 0 saturated heterocycles. The van der Waals surface area contributed by atoms with Crippen LogP contribution in [0.2, 0.25) is 0 Å². The Hall–Kier alpha value is -2.78. The van der Waals surface area contributed by atoms with Crippen LogP contribution in [0.1, 0.15) is 5.56 Å². The van der Waals surface area contributed by atoms with E-state index < -0.39 is 30.2 Å². The van der Waals surface area contributed by atoms with Gasteiger partial charge in [0.25, 0.3) is 0 Å². The predicted molar refractivity (Wildman–Crippen MR) is 74.2 cm³/mol. The molecule has 22 heavy (non-hydrogen) atoms. The van der Waals surface area contributed by atoms with Crippen molar-refractivity contribution in [3.05, 3.63) is 29.8 Å². The lowest BCUT2D eigenvalue weighted by Gasteiger charge is -2.09. The highest BCUT2D eigenvalue weighted by molar-refractivity contribution is 5.98. The maximum absolute atomic E-state index is 12.5. The second-order valence-electron chi connectivity index (χ2n) is 4.03. The summed E-state index contributed by atoms with van der Waals surface area (Å²) >= 11 is 0. The Kier molecular flexibility index (Phi) is 5.72. The lowest BCUT2D eigenvalue weighted by atomic mass is 10.2. The fourth-order valence-corrected chi connectivity index (χ4v) is 1.35. The van der Waals surface area contributed by atoms with Crippen LogP contribution in [0.3, 0.4) is 0 Å². The number of nitrogens with two attached hydrogens (primary N) is 1. The Morgan fingerprint density at radius 3 is 2.59 bits per heavy atom. The van der Waals surface area contributed by atoms with E-state index in [1.807, 2.05) is 0 Å². The maximum atomic E-state index is 12.5. The van der Waals surface area contributed by atoms with Crippen LogP contribution in [-0.2, 0) is 11.0 Å². The first-order valence-corrected chi connectivity index (χ1v) is 5.98. The average molecular weight is 317 g/mol. The number of guanidine groups is 1. The number of anilines is 1. The van der Waals surface area contributed by atoms with E-state index in [9.17, 15) is 22.8 Å². The van der Waals surface area contributed by atoms with E-state index in [1.54, 1.807) is 0 Å². The van der Waals surface area contributed by atoms with E-state index in [0.717, 1.165) is 12.1 Å². The van der Waals surface area contributed by atoms with Crippen molar-refractivity contribution in [3.63, 3.8) is 0 Å². The Balaban J connectivity index is 2.62. The van der Waals surface area contributed by atoms with Crippen LogP contribution in [0.5, 0.6) is 0 Å². The lowest BCUT2D eigenvalue weighted by molar-refractivity contribution is -0.137. The number of rotatable bonds is 3. The van der Waals surface area contributed by atoms with E-state index in [4.69, 9.17) is 5.73 Å². The molecule has 0 atom stereocenters. The van der Waals surface area contributed by atoms with Gasteiger partial charge >= 0.3 is 12.2 Å². The molecule has 0 heterocycles. The normalized spacial score (nSPS) is 11.7. The zero-order chi connectivity index (χ0) is 16.8. The minimum atomic E-state index is -4.50. The number of alkyl halides is 3. The molecule has 1 rings (SSSR count). The Morgan fingerprint density at radius 1 is 1.32 bits per heavy atom. The molecule has 0 aromatic heterocycles. The molecular formula is C12H14F3N5O2. The van der Waals surface area contributed by atoms with Gasteiger partial charge in [0, 0.05) is 12.7 Å². The number of hydrogen-bond donors (Lipinski definition) is 4. The molecule has 120 valence electrons. The molecule has 0 spiro atoms. The quantitative estimate of drug-likeness (QED) is 0.491. The molecular weight excluding hydrogens is 303 g/mol. The van der Waals surface area contributed by atoms with Crippen molar-refractivity contribution in [2.45, 2.75) is 6.18 Å². The van der Waals surface area contributed by atoms with Gasteiger partial charge in [0.05, 0.1) is 5.56 Å². The monoisotopic (exact) mass is 317 g/mol. The fourth-order valence-electron chi connectivity index (χ4n) is 1.35. The first-order chi connectivity index (χ1) is 10.2. The van der Waals surface area contributed by atoms with Crippen LogP contribution < -0.4 is 21.7 Å². The van der Waals surface area contributed by atoms with Crippen LogP contribution in [0.4, 0.5) is 23.7 Å². The average Bonchev–Trinajstić information content (AvgIpc) is 2.44. The molecule has 0 fully saturated rings. The number of hydrogen-bond acceptors (Lipinski definition) is 3. The second-order valence-corrected chi connectivity index (χ2v) is 4.03. The summed E-state index contributed by atoms with van der Waals surface area (Å²) in [5, 5.41) is 6.60. The van der Waals surface area contributed by atoms with Crippen molar-refractivity contribution in [2.75, 3.05) is 18.9 Å². The summed E-state index contributed by atoms with van der Waals surface area (Å²) in [7, 11) is 1.36. The predicted octanol–water partition coefficient (Wildman–Crippen LogP) is 0.888. The first kappa shape index (κ1) is 17.3. The van der Waals surface area contributed by atoms with E-state index >= 15 is 0 Å². The van der Waals surface area contributed by atoms with Gasteiger partial charge < -0.3 is 16.4 Å². The van der Waals surface area contributed by atoms with Crippen molar-refractivity contribution in [1.29, 1.82) is 0 Å². The topological polar surface area (TPSA) is 109 Å². The van der Waals surface area contributed by atoms with Gasteiger partial charge in [0.1, 0.15) is 6.54 Å². The molecule has 0 unspecified atom stereocenters. The van der Waals surface area contributed by atoms with E-state index in [-0.39, 0.29) is 11.6 Å². The van der Waals surface area contributed by atoms with Crippen LogP contribution in [0, 0.1) is 0 Å². The van der Waals surface area contributed by atoms with Gasteiger partial charge in [-0.1, -0.05) is 6.07 Å². The summed E-state index contributed by atoms with van der Waals surface area (Å²) in [6, 6.07) is 3.55. The number of nitrogens with one attached hydrogen (secondary N) is 3. The molecule has 0 aliphatic heterocycles. The molecule has 3 amide bonds. The third-order valence-electron chi connectivity index (χ3n) is 2.34. The highest BCUT2D eigenvalue weighted by atomic mass is 19.4. The van der Waals surface area contributed by atoms with Crippen molar-refractivity contribution in [2.24, 2.45) is 10.7 Å².